The van der Waals surface area contributed by atoms with Crippen molar-refractivity contribution in [2.75, 3.05) is 11.9 Å². The normalized spacial score (nSPS) is 10.9. The summed E-state index contributed by atoms with van der Waals surface area (Å²) in [5, 5.41) is 17.4. The summed E-state index contributed by atoms with van der Waals surface area (Å²) in [5.74, 6) is -0.263. The predicted molar refractivity (Wildman–Crippen MR) is 98.4 cm³/mol. The molecule has 0 aromatic heterocycles. The number of benzene rings is 2. The number of carbonyl (C=O) groups is 1. The van der Waals surface area contributed by atoms with Crippen LogP contribution in [0.1, 0.15) is 11.1 Å². The van der Waals surface area contributed by atoms with Gasteiger partial charge in [-0.3, -0.25) is 14.9 Å². The van der Waals surface area contributed by atoms with Crippen molar-refractivity contribution in [3.8, 4) is 0 Å². The number of non-ortho nitro benzene ring substituents is 1. The van der Waals surface area contributed by atoms with Gasteiger partial charge in [0.25, 0.3) is 11.6 Å². The van der Waals surface area contributed by atoms with Crippen molar-refractivity contribution in [2.24, 2.45) is 5.10 Å². The number of hydrogen-bond acceptors (Lipinski definition) is 5. The number of nitrogens with one attached hydrogen (secondary N) is 2. The van der Waals surface area contributed by atoms with E-state index in [1.807, 2.05) is 31.2 Å². The number of carbonyl (C=O) groups excluding carboxylic acids is 1. The molecule has 0 spiro atoms. The molecular weight excluding hydrogens is 320 g/mol. The van der Waals surface area contributed by atoms with Crippen LogP contribution in [-0.2, 0) is 4.79 Å². The van der Waals surface area contributed by atoms with Crippen LogP contribution >= 0.6 is 0 Å². The fourth-order valence-corrected chi connectivity index (χ4v) is 1.99. The van der Waals surface area contributed by atoms with Gasteiger partial charge in [-0.15, -0.1) is 0 Å². The van der Waals surface area contributed by atoms with Crippen molar-refractivity contribution < 1.29 is 9.72 Å². The van der Waals surface area contributed by atoms with Gasteiger partial charge in [0.15, 0.2) is 0 Å². The number of anilines is 1. The number of hydrazone groups is 1. The first kappa shape index (κ1) is 17.9. The van der Waals surface area contributed by atoms with Crippen LogP contribution in [0.4, 0.5) is 11.4 Å². The third-order valence-corrected chi connectivity index (χ3v) is 3.21. The highest BCUT2D eigenvalue weighted by Crippen LogP contribution is 2.12. The molecule has 0 fully saturated rings. The van der Waals surface area contributed by atoms with Crippen molar-refractivity contribution in [3.63, 3.8) is 0 Å². The minimum absolute atomic E-state index is 0.0409. The Labute approximate surface area is 145 Å². The maximum atomic E-state index is 11.7. The first-order valence-electron chi connectivity index (χ1n) is 7.58. The Morgan fingerprint density at radius 3 is 2.68 bits per heavy atom. The predicted octanol–water partition coefficient (Wildman–Crippen LogP) is 3.13. The van der Waals surface area contributed by atoms with Gasteiger partial charge in [-0.05, 0) is 48.4 Å². The molecule has 128 valence electrons. The molecule has 7 heteroatoms. The van der Waals surface area contributed by atoms with Crippen molar-refractivity contribution in [2.45, 2.75) is 6.92 Å². The van der Waals surface area contributed by atoms with Crippen LogP contribution in [0, 0.1) is 17.0 Å². The summed E-state index contributed by atoms with van der Waals surface area (Å²) in [7, 11) is 0. The van der Waals surface area contributed by atoms with Crippen molar-refractivity contribution in [3.05, 3.63) is 75.8 Å². The zero-order valence-electron chi connectivity index (χ0n) is 13.7. The van der Waals surface area contributed by atoms with Gasteiger partial charge in [0.2, 0.25) is 0 Å². The van der Waals surface area contributed by atoms with E-state index in [2.05, 4.69) is 15.8 Å². The Hall–Kier alpha value is -3.48. The lowest BCUT2D eigenvalue weighted by Crippen LogP contribution is -2.25. The third-order valence-electron chi connectivity index (χ3n) is 3.21. The van der Waals surface area contributed by atoms with Gasteiger partial charge < -0.3 is 5.32 Å². The molecule has 7 nitrogen and oxygen atoms in total. The highest BCUT2D eigenvalue weighted by Gasteiger charge is 2.02. The van der Waals surface area contributed by atoms with Crippen LogP contribution in [0.3, 0.4) is 0 Å². The van der Waals surface area contributed by atoms with Gasteiger partial charge in [-0.1, -0.05) is 18.2 Å². The monoisotopic (exact) mass is 338 g/mol. The Bertz CT molecular complexity index is 798. The molecule has 25 heavy (non-hydrogen) atoms. The van der Waals surface area contributed by atoms with Crippen LogP contribution in [0.5, 0.6) is 0 Å². The van der Waals surface area contributed by atoms with Gasteiger partial charge >= 0.3 is 0 Å². The van der Waals surface area contributed by atoms with Crippen LogP contribution in [0.25, 0.3) is 6.08 Å². The number of nitro groups is 1. The zero-order valence-corrected chi connectivity index (χ0v) is 13.7. The smallest absolute Gasteiger partial charge is 0.269 e. The van der Waals surface area contributed by atoms with Crippen LogP contribution in [-0.4, -0.2) is 23.6 Å². The molecule has 0 radical (unpaired) electrons. The summed E-state index contributed by atoms with van der Waals surface area (Å²) in [4.78, 5) is 21.8. The summed E-state index contributed by atoms with van der Waals surface area (Å²) >= 11 is 0. The Morgan fingerprint density at radius 2 is 2.00 bits per heavy atom. The number of aryl methyl sites for hydroxylation is 1. The maximum absolute atomic E-state index is 11.7. The molecular formula is C18H18N4O3. The number of rotatable bonds is 7. The van der Waals surface area contributed by atoms with Gasteiger partial charge in [0, 0.05) is 24.0 Å². The Kier molecular flexibility index (Phi) is 6.41. The number of amides is 1. The lowest BCUT2D eigenvalue weighted by atomic mass is 10.2. The lowest BCUT2D eigenvalue weighted by molar-refractivity contribution is -0.384. The molecule has 0 saturated carbocycles. The number of allylic oxidation sites excluding steroid dienone is 1. The molecule has 0 bridgehead atoms. The van der Waals surface area contributed by atoms with Gasteiger partial charge in [0.05, 0.1) is 11.5 Å². The molecule has 0 unspecified atom stereocenters. The summed E-state index contributed by atoms with van der Waals surface area (Å²) in [6.07, 6.45) is 4.80. The second-order valence-corrected chi connectivity index (χ2v) is 5.24. The molecule has 0 aliphatic carbocycles. The molecule has 0 saturated heterocycles. The molecule has 1 amide bonds. The SMILES string of the molecule is Cc1cccc(NCC(=O)N/N=C\C=C\c2ccc([N+](=O)[O-])cc2)c1. The minimum atomic E-state index is -0.449. The summed E-state index contributed by atoms with van der Waals surface area (Å²) < 4.78 is 0. The van der Waals surface area contributed by atoms with Crippen LogP contribution in [0.2, 0.25) is 0 Å². The van der Waals surface area contributed by atoms with Crippen molar-refractivity contribution in [1.29, 1.82) is 0 Å². The highest BCUT2D eigenvalue weighted by atomic mass is 16.6. The van der Waals surface area contributed by atoms with E-state index in [0.717, 1.165) is 16.8 Å². The largest absolute Gasteiger partial charge is 0.376 e. The minimum Gasteiger partial charge on any atom is -0.376 e. The Morgan fingerprint density at radius 1 is 1.24 bits per heavy atom. The second-order valence-electron chi connectivity index (χ2n) is 5.24. The summed E-state index contributed by atoms with van der Waals surface area (Å²) in [6.45, 7) is 2.10. The van der Waals surface area contributed by atoms with Gasteiger partial charge in [0.1, 0.15) is 0 Å². The van der Waals surface area contributed by atoms with E-state index in [9.17, 15) is 14.9 Å². The van der Waals surface area contributed by atoms with Crippen LogP contribution < -0.4 is 10.7 Å². The summed E-state index contributed by atoms with van der Waals surface area (Å²) in [6, 6.07) is 13.8. The molecule has 2 aromatic carbocycles. The third kappa shape index (κ3) is 6.26. The molecule has 0 heterocycles. The topological polar surface area (TPSA) is 96.6 Å². The van der Waals surface area contributed by atoms with E-state index in [1.54, 1.807) is 24.3 Å². The second kappa shape index (κ2) is 8.97. The highest BCUT2D eigenvalue weighted by molar-refractivity contribution is 5.83. The number of nitro benzene ring substituents is 1. The maximum Gasteiger partial charge on any atom is 0.269 e. The van der Waals surface area contributed by atoms with E-state index in [1.165, 1.54) is 18.3 Å². The standard InChI is InChI=1S/C18H18N4O3/c1-14-4-2-6-16(12-14)19-13-18(23)21-20-11-3-5-15-7-9-17(10-8-15)22(24)25/h2-12,19H,13H2,1H3,(H,21,23)/b5-3+,20-11-. The van der Waals surface area contributed by atoms with E-state index < -0.39 is 4.92 Å². The van der Waals surface area contributed by atoms with E-state index in [0.29, 0.717) is 0 Å². The molecule has 0 aliphatic heterocycles. The molecule has 2 N–H and O–H groups in total. The molecule has 0 aliphatic rings. The number of nitrogens with zero attached hydrogens (tertiary/aromatic N) is 2. The van der Waals surface area contributed by atoms with E-state index in [4.69, 9.17) is 0 Å². The quantitative estimate of drug-likeness (QED) is 0.460. The van der Waals surface area contributed by atoms with Crippen LogP contribution in [0.15, 0.2) is 59.7 Å². The fourth-order valence-electron chi connectivity index (χ4n) is 1.99. The van der Waals surface area contributed by atoms with Crippen molar-refractivity contribution >= 4 is 29.6 Å². The first-order valence-corrected chi connectivity index (χ1v) is 7.58. The Balaban J connectivity index is 1.74. The first-order chi connectivity index (χ1) is 12.0. The van der Waals surface area contributed by atoms with E-state index >= 15 is 0 Å². The average molecular weight is 338 g/mol. The van der Waals surface area contributed by atoms with Gasteiger partial charge in [-0.2, -0.15) is 5.10 Å². The van der Waals surface area contributed by atoms with Gasteiger partial charge in [-0.25, -0.2) is 5.43 Å². The molecule has 2 aromatic rings. The number of hydrogen-bond donors (Lipinski definition) is 2. The van der Waals surface area contributed by atoms with E-state index in [-0.39, 0.29) is 18.1 Å². The summed E-state index contributed by atoms with van der Waals surface area (Å²) in [5.41, 5.74) is 5.23. The fraction of sp³-hybridized carbons (Fsp3) is 0.111. The van der Waals surface area contributed by atoms with Crippen molar-refractivity contribution in [1.82, 2.24) is 5.43 Å². The molecule has 0 atom stereocenters. The zero-order chi connectivity index (χ0) is 18.1. The lowest BCUT2D eigenvalue weighted by Gasteiger charge is -2.05. The average Bonchev–Trinajstić information content (AvgIpc) is 2.60. The molecule has 2 rings (SSSR count).